The van der Waals surface area contributed by atoms with Crippen LogP contribution in [0.3, 0.4) is 0 Å². The molecule has 0 aliphatic carbocycles. The lowest BCUT2D eigenvalue weighted by Gasteiger charge is -2.16. The van der Waals surface area contributed by atoms with Crippen LogP contribution in [0.4, 0.5) is 0 Å². The third kappa shape index (κ3) is 5.47. The van der Waals surface area contributed by atoms with Crippen molar-refractivity contribution < 1.29 is 9.15 Å². The Bertz CT molecular complexity index is 545. The summed E-state index contributed by atoms with van der Waals surface area (Å²) in [7, 11) is 0. The first-order valence-electron chi connectivity index (χ1n) is 6.95. The van der Waals surface area contributed by atoms with Gasteiger partial charge in [-0.15, -0.1) is 0 Å². The van der Waals surface area contributed by atoms with Crippen molar-refractivity contribution >= 4 is 27.5 Å². The lowest BCUT2D eigenvalue weighted by atomic mass is 10.1. The van der Waals surface area contributed by atoms with Gasteiger partial charge in [0.25, 0.3) is 0 Å². The molecule has 5 heteroatoms. The maximum Gasteiger partial charge on any atom is 0.129 e. The van der Waals surface area contributed by atoms with Crippen LogP contribution < -0.4 is 5.32 Å². The maximum absolute atomic E-state index is 6.24. The van der Waals surface area contributed by atoms with Crippen LogP contribution in [0.2, 0.25) is 5.02 Å². The molecular weight excluding hydrogens is 354 g/mol. The molecule has 0 radical (unpaired) electrons. The van der Waals surface area contributed by atoms with Crippen LogP contribution in [-0.4, -0.2) is 13.2 Å². The normalized spacial score (nSPS) is 12.5. The lowest BCUT2D eigenvalue weighted by Crippen LogP contribution is -2.21. The number of hydrogen-bond acceptors (Lipinski definition) is 3. The van der Waals surface area contributed by atoms with Crippen molar-refractivity contribution in [2.24, 2.45) is 0 Å². The van der Waals surface area contributed by atoms with Crippen LogP contribution >= 0.6 is 27.5 Å². The van der Waals surface area contributed by atoms with E-state index in [1.54, 1.807) is 6.26 Å². The molecule has 0 saturated carbocycles. The van der Waals surface area contributed by atoms with Gasteiger partial charge in [0, 0.05) is 22.1 Å². The van der Waals surface area contributed by atoms with Crippen LogP contribution in [0.25, 0.3) is 0 Å². The smallest absolute Gasteiger partial charge is 0.129 e. The number of furan rings is 1. The highest BCUT2D eigenvalue weighted by atomic mass is 79.9. The molecule has 3 nitrogen and oxygen atoms in total. The van der Waals surface area contributed by atoms with Gasteiger partial charge in [-0.05, 0) is 49.7 Å². The number of benzene rings is 1. The van der Waals surface area contributed by atoms with Crippen molar-refractivity contribution in [2.45, 2.75) is 26.0 Å². The highest BCUT2D eigenvalue weighted by Gasteiger charge is 2.09. The Labute approximate surface area is 138 Å². The molecular formula is C16H19BrClNO2. The van der Waals surface area contributed by atoms with Crippen molar-refractivity contribution in [3.8, 4) is 0 Å². The molecule has 0 aliphatic heterocycles. The highest BCUT2D eigenvalue weighted by molar-refractivity contribution is 9.10. The Balaban J connectivity index is 1.63. The van der Waals surface area contributed by atoms with E-state index in [1.165, 1.54) is 0 Å². The summed E-state index contributed by atoms with van der Waals surface area (Å²) in [6.45, 7) is 4.22. The zero-order valence-electron chi connectivity index (χ0n) is 11.9. The van der Waals surface area contributed by atoms with Gasteiger partial charge >= 0.3 is 0 Å². The van der Waals surface area contributed by atoms with Gasteiger partial charge in [0.1, 0.15) is 12.4 Å². The fourth-order valence-electron chi connectivity index (χ4n) is 2.02. The van der Waals surface area contributed by atoms with Crippen LogP contribution in [0, 0.1) is 0 Å². The minimum absolute atomic E-state index is 0.218. The fraction of sp³-hybridized carbons (Fsp3) is 0.375. The summed E-state index contributed by atoms with van der Waals surface area (Å²) in [4.78, 5) is 0. The number of ether oxygens (including phenoxy) is 1. The molecule has 0 spiro atoms. The van der Waals surface area contributed by atoms with Gasteiger partial charge in [-0.1, -0.05) is 33.6 Å². The van der Waals surface area contributed by atoms with E-state index in [4.69, 9.17) is 20.8 Å². The first-order valence-corrected chi connectivity index (χ1v) is 8.12. The molecule has 0 amide bonds. The molecule has 2 rings (SSSR count). The second kappa shape index (κ2) is 8.59. The van der Waals surface area contributed by atoms with Crippen molar-refractivity contribution in [1.82, 2.24) is 5.32 Å². The average molecular weight is 373 g/mol. The van der Waals surface area contributed by atoms with Crippen molar-refractivity contribution in [2.75, 3.05) is 13.2 Å². The van der Waals surface area contributed by atoms with E-state index in [0.717, 1.165) is 33.8 Å². The molecule has 1 unspecified atom stereocenters. The number of halogens is 2. The minimum atomic E-state index is 0.218. The molecule has 0 saturated heterocycles. The highest BCUT2D eigenvalue weighted by Crippen LogP contribution is 2.26. The van der Waals surface area contributed by atoms with E-state index >= 15 is 0 Å². The van der Waals surface area contributed by atoms with Gasteiger partial charge in [-0.3, -0.25) is 0 Å². The van der Waals surface area contributed by atoms with E-state index < -0.39 is 0 Å². The van der Waals surface area contributed by atoms with Crippen LogP contribution in [0.1, 0.15) is 30.7 Å². The van der Waals surface area contributed by atoms with Crippen molar-refractivity contribution in [1.29, 1.82) is 0 Å². The molecule has 114 valence electrons. The van der Waals surface area contributed by atoms with Gasteiger partial charge in [-0.2, -0.15) is 0 Å². The second-order valence-electron chi connectivity index (χ2n) is 4.83. The molecule has 1 atom stereocenters. The van der Waals surface area contributed by atoms with Crippen LogP contribution in [-0.2, 0) is 11.3 Å². The molecule has 2 aromatic rings. The average Bonchev–Trinajstić information content (AvgIpc) is 2.95. The van der Waals surface area contributed by atoms with Crippen LogP contribution in [0.15, 0.2) is 45.5 Å². The van der Waals surface area contributed by atoms with Crippen LogP contribution in [0.5, 0.6) is 0 Å². The zero-order valence-corrected chi connectivity index (χ0v) is 14.3. The van der Waals surface area contributed by atoms with E-state index in [1.807, 2.05) is 30.3 Å². The Morgan fingerprint density at radius 3 is 2.95 bits per heavy atom. The van der Waals surface area contributed by atoms with E-state index in [0.29, 0.717) is 13.2 Å². The maximum atomic E-state index is 6.24. The van der Waals surface area contributed by atoms with Gasteiger partial charge in [0.2, 0.25) is 0 Å². The molecule has 1 N–H and O–H groups in total. The number of rotatable bonds is 8. The van der Waals surface area contributed by atoms with E-state index in [-0.39, 0.29) is 6.04 Å². The Kier molecular flexibility index (Phi) is 6.77. The predicted molar refractivity (Wildman–Crippen MR) is 88.6 cm³/mol. The summed E-state index contributed by atoms with van der Waals surface area (Å²) in [5, 5.41) is 4.23. The Morgan fingerprint density at radius 2 is 2.24 bits per heavy atom. The third-order valence-corrected chi connectivity index (χ3v) is 3.99. The van der Waals surface area contributed by atoms with Gasteiger partial charge in [0.15, 0.2) is 0 Å². The van der Waals surface area contributed by atoms with Gasteiger partial charge < -0.3 is 14.5 Å². The number of nitrogens with one attached hydrogen (secondary N) is 1. The minimum Gasteiger partial charge on any atom is -0.467 e. The first kappa shape index (κ1) is 16.6. The summed E-state index contributed by atoms with van der Waals surface area (Å²) >= 11 is 9.65. The van der Waals surface area contributed by atoms with Crippen molar-refractivity contribution in [3.05, 3.63) is 57.4 Å². The standard InChI is InChI=1S/C16H19BrClNO2/c1-12(15-6-5-13(17)10-16(15)18)19-7-3-8-20-11-14-4-2-9-21-14/h2,4-6,9-10,12,19H,3,7-8,11H2,1H3. The topological polar surface area (TPSA) is 34.4 Å². The lowest BCUT2D eigenvalue weighted by molar-refractivity contribution is 0.104. The summed E-state index contributed by atoms with van der Waals surface area (Å²) in [6, 6.07) is 9.96. The quantitative estimate of drug-likeness (QED) is 0.666. The van der Waals surface area contributed by atoms with Gasteiger partial charge in [-0.25, -0.2) is 0 Å². The summed E-state index contributed by atoms with van der Waals surface area (Å²) < 4.78 is 11.7. The largest absolute Gasteiger partial charge is 0.467 e. The second-order valence-corrected chi connectivity index (χ2v) is 6.15. The molecule has 1 aromatic heterocycles. The summed E-state index contributed by atoms with van der Waals surface area (Å²) in [5.41, 5.74) is 1.11. The van der Waals surface area contributed by atoms with E-state index in [2.05, 4.69) is 28.2 Å². The molecule has 0 bridgehead atoms. The molecule has 0 aliphatic rings. The third-order valence-electron chi connectivity index (χ3n) is 3.17. The zero-order chi connectivity index (χ0) is 15.1. The molecule has 21 heavy (non-hydrogen) atoms. The van der Waals surface area contributed by atoms with Crippen molar-refractivity contribution in [3.63, 3.8) is 0 Å². The monoisotopic (exact) mass is 371 g/mol. The molecule has 0 fully saturated rings. The predicted octanol–water partition coefficient (Wildman–Crippen LogP) is 4.95. The molecule has 1 heterocycles. The summed E-state index contributed by atoms with van der Waals surface area (Å²) in [6.07, 6.45) is 2.60. The van der Waals surface area contributed by atoms with Gasteiger partial charge in [0.05, 0.1) is 6.26 Å². The SMILES string of the molecule is CC(NCCCOCc1ccco1)c1ccc(Br)cc1Cl. The fourth-order valence-corrected chi connectivity index (χ4v) is 2.86. The number of hydrogen-bond donors (Lipinski definition) is 1. The molecule has 1 aromatic carbocycles. The first-order chi connectivity index (χ1) is 10.2. The van der Waals surface area contributed by atoms with E-state index in [9.17, 15) is 0 Å². The Morgan fingerprint density at radius 1 is 1.38 bits per heavy atom. The Hall–Kier alpha value is -0.810. The summed E-state index contributed by atoms with van der Waals surface area (Å²) in [5.74, 6) is 0.859.